The SMILES string of the molecule is CC#CCCC(O)(CC)CCC. The Morgan fingerprint density at radius 3 is 2.33 bits per heavy atom. The number of aliphatic hydroxyl groups is 1. The first kappa shape index (κ1) is 11.5. The van der Waals surface area contributed by atoms with E-state index in [-0.39, 0.29) is 0 Å². The Balaban J connectivity index is 3.83. The van der Waals surface area contributed by atoms with E-state index in [1.807, 2.05) is 13.8 Å². The molecule has 0 aromatic heterocycles. The molecule has 12 heavy (non-hydrogen) atoms. The first-order valence-corrected chi connectivity index (χ1v) is 4.80. The maximum Gasteiger partial charge on any atom is 0.0654 e. The Hall–Kier alpha value is -0.480. The first-order chi connectivity index (χ1) is 5.68. The Bertz CT molecular complexity index is 164. The molecular formula is C11H20O. The largest absolute Gasteiger partial charge is 0.390 e. The molecule has 0 aliphatic heterocycles. The van der Waals surface area contributed by atoms with Crippen LogP contribution in [0, 0.1) is 11.8 Å². The number of hydrogen-bond donors (Lipinski definition) is 1. The highest BCUT2D eigenvalue weighted by Crippen LogP contribution is 2.22. The van der Waals surface area contributed by atoms with Crippen LogP contribution in [0.15, 0.2) is 0 Å². The monoisotopic (exact) mass is 168 g/mol. The summed E-state index contributed by atoms with van der Waals surface area (Å²) in [5.41, 5.74) is -0.460. The zero-order valence-electron chi connectivity index (χ0n) is 8.48. The van der Waals surface area contributed by atoms with Crippen LogP contribution < -0.4 is 0 Å². The normalized spacial score (nSPS) is 14.7. The van der Waals surface area contributed by atoms with Gasteiger partial charge in [0, 0.05) is 6.42 Å². The van der Waals surface area contributed by atoms with Crippen LogP contribution in [0.4, 0.5) is 0 Å². The van der Waals surface area contributed by atoms with E-state index in [9.17, 15) is 5.11 Å². The third-order valence-corrected chi connectivity index (χ3v) is 2.27. The fraction of sp³-hybridized carbons (Fsp3) is 0.818. The first-order valence-electron chi connectivity index (χ1n) is 4.80. The average molecular weight is 168 g/mol. The molecule has 0 saturated heterocycles. The number of hydrogen-bond acceptors (Lipinski definition) is 1. The second-order valence-electron chi connectivity index (χ2n) is 3.25. The summed E-state index contributed by atoms with van der Waals surface area (Å²) >= 11 is 0. The van der Waals surface area contributed by atoms with Crippen molar-refractivity contribution in [3.05, 3.63) is 0 Å². The molecule has 0 aromatic rings. The highest BCUT2D eigenvalue weighted by molar-refractivity contribution is 4.96. The van der Waals surface area contributed by atoms with Crippen molar-refractivity contribution in [3.63, 3.8) is 0 Å². The van der Waals surface area contributed by atoms with Crippen molar-refractivity contribution in [3.8, 4) is 11.8 Å². The van der Waals surface area contributed by atoms with Gasteiger partial charge in [-0.2, -0.15) is 0 Å². The van der Waals surface area contributed by atoms with Gasteiger partial charge in [0.15, 0.2) is 0 Å². The molecule has 0 aromatic carbocycles. The summed E-state index contributed by atoms with van der Waals surface area (Å²) in [6.07, 6.45) is 4.42. The standard InChI is InChI=1S/C11H20O/c1-4-7-8-10-11(12,6-3)9-5-2/h12H,5-6,8-10H2,1-3H3. The fourth-order valence-corrected chi connectivity index (χ4v) is 1.36. The smallest absolute Gasteiger partial charge is 0.0654 e. The van der Waals surface area contributed by atoms with Crippen LogP contribution in [0.3, 0.4) is 0 Å². The zero-order valence-corrected chi connectivity index (χ0v) is 8.48. The molecule has 70 valence electrons. The average Bonchev–Trinajstić information content (AvgIpc) is 2.06. The quantitative estimate of drug-likeness (QED) is 0.626. The summed E-state index contributed by atoms with van der Waals surface area (Å²) in [4.78, 5) is 0. The van der Waals surface area contributed by atoms with Gasteiger partial charge in [-0.1, -0.05) is 20.3 Å². The minimum Gasteiger partial charge on any atom is -0.390 e. The van der Waals surface area contributed by atoms with E-state index in [0.717, 1.165) is 32.1 Å². The van der Waals surface area contributed by atoms with Gasteiger partial charge in [-0.15, -0.1) is 11.8 Å². The van der Waals surface area contributed by atoms with E-state index in [1.165, 1.54) is 0 Å². The molecular weight excluding hydrogens is 148 g/mol. The van der Waals surface area contributed by atoms with E-state index in [4.69, 9.17) is 0 Å². The lowest BCUT2D eigenvalue weighted by molar-refractivity contribution is 0.0197. The molecule has 0 fully saturated rings. The van der Waals surface area contributed by atoms with Crippen LogP contribution in [-0.4, -0.2) is 10.7 Å². The van der Waals surface area contributed by atoms with Crippen LogP contribution in [0.5, 0.6) is 0 Å². The minimum absolute atomic E-state index is 0.460. The van der Waals surface area contributed by atoms with Gasteiger partial charge in [-0.3, -0.25) is 0 Å². The van der Waals surface area contributed by atoms with Gasteiger partial charge in [0.05, 0.1) is 5.60 Å². The Labute approximate surface area is 76.2 Å². The third-order valence-electron chi connectivity index (χ3n) is 2.27. The lowest BCUT2D eigenvalue weighted by Gasteiger charge is -2.25. The van der Waals surface area contributed by atoms with Crippen molar-refractivity contribution in [1.29, 1.82) is 0 Å². The van der Waals surface area contributed by atoms with Gasteiger partial charge in [0.2, 0.25) is 0 Å². The molecule has 0 spiro atoms. The van der Waals surface area contributed by atoms with Crippen molar-refractivity contribution in [2.75, 3.05) is 0 Å². The minimum atomic E-state index is -0.460. The summed E-state index contributed by atoms with van der Waals surface area (Å²) in [6, 6.07) is 0. The Morgan fingerprint density at radius 2 is 1.92 bits per heavy atom. The van der Waals surface area contributed by atoms with Gasteiger partial charge in [0.1, 0.15) is 0 Å². The van der Waals surface area contributed by atoms with Crippen molar-refractivity contribution in [2.24, 2.45) is 0 Å². The summed E-state index contributed by atoms with van der Waals surface area (Å²) in [6.45, 7) is 5.98. The fourth-order valence-electron chi connectivity index (χ4n) is 1.36. The zero-order chi connectivity index (χ0) is 9.45. The van der Waals surface area contributed by atoms with Crippen molar-refractivity contribution < 1.29 is 5.11 Å². The molecule has 1 unspecified atom stereocenters. The Morgan fingerprint density at radius 1 is 1.25 bits per heavy atom. The molecule has 0 aliphatic rings. The van der Waals surface area contributed by atoms with Gasteiger partial charge < -0.3 is 5.11 Å². The lowest BCUT2D eigenvalue weighted by atomic mass is 9.90. The molecule has 0 radical (unpaired) electrons. The number of rotatable bonds is 5. The lowest BCUT2D eigenvalue weighted by Crippen LogP contribution is -2.26. The highest BCUT2D eigenvalue weighted by atomic mass is 16.3. The summed E-state index contributed by atoms with van der Waals surface area (Å²) in [5.74, 6) is 5.83. The van der Waals surface area contributed by atoms with E-state index in [0.29, 0.717) is 0 Å². The molecule has 1 N–H and O–H groups in total. The van der Waals surface area contributed by atoms with Gasteiger partial charge in [-0.05, 0) is 26.2 Å². The van der Waals surface area contributed by atoms with Crippen LogP contribution in [0.2, 0.25) is 0 Å². The van der Waals surface area contributed by atoms with E-state index in [2.05, 4.69) is 18.8 Å². The van der Waals surface area contributed by atoms with Crippen LogP contribution >= 0.6 is 0 Å². The van der Waals surface area contributed by atoms with Gasteiger partial charge in [0.25, 0.3) is 0 Å². The van der Waals surface area contributed by atoms with Crippen molar-refractivity contribution in [2.45, 2.75) is 58.5 Å². The third kappa shape index (κ3) is 4.41. The molecule has 0 saturated carbocycles. The van der Waals surface area contributed by atoms with Gasteiger partial charge in [-0.25, -0.2) is 0 Å². The topological polar surface area (TPSA) is 20.2 Å². The predicted molar refractivity (Wildman–Crippen MR) is 52.8 cm³/mol. The maximum atomic E-state index is 9.98. The second-order valence-corrected chi connectivity index (χ2v) is 3.25. The molecule has 1 heteroatoms. The van der Waals surface area contributed by atoms with Crippen LogP contribution in [0.25, 0.3) is 0 Å². The van der Waals surface area contributed by atoms with Crippen LogP contribution in [-0.2, 0) is 0 Å². The maximum absolute atomic E-state index is 9.98. The molecule has 0 aliphatic carbocycles. The van der Waals surface area contributed by atoms with Crippen molar-refractivity contribution >= 4 is 0 Å². The molecule has 0 bridgehead atoms. The molecule has 1 atom stereocenters. The summed E-state index contributed by atoms with van der Waals surface area (Å²) in [5, 5.41) is 9.98. The van der Waals surface area contributed by atoms with E-state index in [1.54, 1.807) is 0 Å². The van der Waals surface area contributed by atoms with Gasteiger partial charge >= 0.3 is 0 Å². The Kier molecular flexibility index (Phi) is 5.84. The summed E-state index contributed by atoms with van der Waals surface area (Å²) in [7, 11) is 0. The van der Waals surface area contributed by atoms with E-state index >= 15 is 0 Å². The molecule has 0 heterocycles. The van der Waals surface area contributed by atoms with E-state index < -0.39 is 5.60 Å². The summed E-state index contributed by atoms with van der Waals surface area (Å²) < 4.78 is 0. The van der Waals surface area contributed by atoms with Crippen LogP contribution in [0.1, 0.15) is 52.9 Å². The van der Waals surface area contributed by atoms with Crippen molar-refractivity contribution in [1.82, 2.24) is 0 Å². The highest BCUT2D eigenvalue weighted by Gasteiger charge is 2.21. The second kappa shape index (κ2) is 6.08. The predicted octanol–water partition coefficient (Wildman–Crippen LogP) is 2.73. The molecule has 1 nitrogen and oxygen atoms in total. The molecule has 0 rings (SSSR count). The molecule has 0 amide bonds.